The van der Waals surface area contributed by atoms with Gasteiger partial charge in [0.1, 0.15) is 0 Å². The molecule has 0 aromatic carbocycles. The van der Waals surface area contributed by atoms with E-state index in [0.29, 0.717) is 6.04 Å². The van der Waals surface area contributed by atoms with Gasteiger partial charge in [-0.3, -0.25) is 9.69 Å². The molecule has 0 bridgehead atoms. The minimum Gasteiger partial charge on any atom is -0.352 e. The molecule has 0 spiro atoms. The Bertz CT molecular complexity index is 465. The normalized spacial score (nSPS) is 22.2. The molecule has 1 N–H and O–H groups in total. The third-order valence-corrected chi connectivity index (χ3v) is 5.74. The van der Waals surface area contributed by atoms with Gasteiger partial charge in [0.2, 0.25) is 5.91 Å². The van der Waals surface area contributed by atoms with Crippen LogP contribution in [0.2, 0.25) is 0 Å². The van der Waals surface area contributed by atoms with E-state index in [9.17, 15) is 4.79 Å². The molecule has 0 saturated heterocycles. The van der Waals surface area contributed by atoms with Gasteiger partial charge in [-0.15, -0.1) is 11.3 Å². The third kappa shape index (κ3) is 3.07. The van der Waals surface area contributed by atoms with Crippen LogP contribution in [-0.2, 0) is 17.8 Å². The average molecular weight is 292 g/mol. The van der Waals surface area contributed by atoms with E-state index in [0.717, 1.165) is 32.4 Å². The highest BCUT2D eigenvalue weighted by Crippen LogP contribution is 2.25. The van der Waals surface area contributed by atoms with Gasteiger partial charge in [-0.05, 0) is 43.2 Å². The molecule has 1 aromatic heterocycles. The molecular weight excluding hydrogens is 268 g/mol. The number of carbonyl (C=O) groups excluding carboxylic acids is 1. The van der Waals surface area contributed by atoms with E-state index >= 15 is 0 Å². The van der Waals surface area contributed by atoms with E-state index in [4.69, 9.17) is 0 Å². The topological polar surface area (TPSA) is 32.3 Å². The Labute approximate surface area is 125 Å². The number of rotatable bonds is 3. The minimum absolute atomic E-state index is 0.00928. The van der Waals surface area contributed by atoms with Crippen molar-refractivity contribution in [2.45, 2.75) is 64.1 Å². The third-order valence-electron chi connectivity index (χ3n) is 4.72. The lowest BCUT2D eigenvalue weighted by Crippen LogP contribution is -2.49. The second kappa shape index (κ2) is 6.27. The highest BCUT2D eigenvalue weighted by molar-refractivity contribution is 7.10. The van der Waals surface area contributed by atoms with Crippen LogP contribution in [0, 0.1) is 0 Å². The summed E-state index contributed by atoms with van der Waals surface area (Å²) in [6, 6.07) is 2.61. The number of hydrogen-bond donors (Lipinski definition) is 1. The summed E-state index contributed by atoms with van der Waals surface area (Å²) in [5.74, 6) is 0.218. The molecule has 1 saturated carbocycles. The van der Waals surface area contributed by atoms with Crippen LogP contribution in [0.4, 0.5) is 0 Å². The van der Waals surface area contributed by atoms with Crippen molar-refractivity contribution in [1.29, 1.82) is 0 Å². The van der Waals surface area contributed by atoms with Crippen LogP contribution in [0.15, 0.2) is 11.4 Å². The number of thiophene rings is 1. The highest BCUT2D eigenvalue weighted by Gasteiger charge is 2.27. The zero-order valence-electron chi connectivity index (χ0n) is 12.2. The molecule has 2 aliphatic rings. The van der Waals surface area contributed by atoms with E-state index in [1.165, 1.54) is 29.7 Å². The molecule has 20 heavy (non-hydrogen) atoms. The lowest BCUT2D eigenvalue weighted by molar-refractivity contribution is -0.127. The summed E-state index contributed by atoms with van der Waals surface area (Å²) in [6.45, 7) is 3.99. The van der Waals surface area contributed by atoms with Gasteiger partial charge in [-0.25, -0.2) is 0 Å². The fourth-order valence-corrected chi connectivity index (χ4v) is 4.23. The predicted molar refractivity (Wildman–Crippen MR) is 82.9 cm³/mol. The molecule has 1 fully saturated rings. The fourth-order valence-electron chi connectivity index (χ4n) is 3.34. The molecule has 2 heterocycles. The van der Waals surface area contributed by atoms with E-state index in [2.05, 4.69) is 28.6 Å². The standard InChI is InChI=1S/C16H24N2OS/c1-12(16(19)17-14-5-3-2-4-6-14)18-9-7-15-13(11-18)8-10-20-15/h8,10,12,14H,2-7,9,11H2,1H3,(H,17,19). The fraction of sp³-hybridized carbons (Fsp3) is 0.688. The first-order valence-corrected chi connectivity index (χ1v) is 8.71. The van der Waals surface area contributed by atoms with Crippen molar-refractivity contribution in [3.63, 3.8) is 0 Å². The van der Waals surface area contributed by atoms with Gasteiger partial charge >= 0.3 is 0 Å². The zero-order chi connectivity index (χ0) is 13.9. The molecule has 3 rings (SSSR count). The van der Waals surface area contributed by atoms with Gasteiger partial charge in [-0.2, -0.15) is 0 Å². The van der Waals surface area contributed by atoms with E-state index in [1.807, 2.05) is 11.3 Å². The van der Waals surface area contributed by atoms with Crippen molar-refractivity contribution < 1.29 is 4.79 Å². The number of hydrogen-bond acceptors (Lipinski definition) is 3. The lowest BCUT2D eigenvalue weighted by Gasteiger charge is -2.33. The smallest absolute Gasteiger partial charge is 0.237 e. The van der Waals surface area contributed by atoms with Gasteiger partial charge < -0.3 is 5.32 Å². The molecular formula is C16H24N2OS. The molecule has 1 aliphatic carbocycles. The minimum atomic E-state index is -0.00928. The Morgan fingerprint density at radius 2 is 2.20 bits per heavy atom. The summed E-state index contributed by atoms with van der Waals surface area (Å²) in [4.78, 5) is 16.2. The Morgan fingerprint density at radius 3 is 3.00 bits per heavy atom. The maximum atomic E-state index is 12.4. The van der Waals surface area contributed by atoms with Crippen LogP contribution < -0.4 is 5.32 Å². The number of amides is 1. The van der Waals surface area contributed by atoms with Crippen LogP contribution in [0.1, 0.15) is 49.5 Å². The summed E-state index contributed by atoms with van der Waals surface area (Å²) in [6.07, 6.45) is 7.27. The van der Waals surface area contributed by atoms with Gasteiger partial charge in [-0.1, -0.05) is 19.3 Å². The van der Waals surface area contributed by atoms with Crippen molar-refractivity contribution in [3.8, 4) is 0 Å². The quantitative estimate of drug-likeness (QED) is 0.929. The van der Waals surface area contributed by atoms with Gasteiger partial charge in [0.25, 0.3) is 0 Å². The number of nitrogens with zero attached hydrogens (tertiary/aromatic N) is 1. The van der Waals surface area contributed by atoms with Crippen molar-refractivity contribution in [2.75, 3.05) is 6.54 Å². The Morgan fingerprint density at radius 1 is 1.40 bits per heavy atom. The Kier molecular flexibility index (Phi) is 4.41. The number of carbonyl (C=O) groups is 1. The van der Waals surface area contributed by atoms with Crippen molar-refractivity contribution >= 4 is 17.2 Å². The maximum absolute atomic E-state index is 12.4. The molecule has 4 heteroatoms. The molecule has 0 radical (unpaired) electrons. The van der Waals surface area contributed by atoms with E-state index in [1.54, 1.807) is 0 Å². The van der Waals surface area contributed by atoms with Crippen LogP contribution in [0.3, 0.4) is 0 Å². The zero-order valence-corrected chi connectivity index (χ0v) is 13.0. The largest absolute Gasteiger partial charge is 0.352 e. The number of nitrogens with one attached hydrogen (secondary N) is 1. The summed E-state index contributed by atoms with van der Waals surface area (Å²) >= 11 is 1.85. The SMILES string of the molecule is CC(C(=O)NC1CCCCC1)N1CCc2sccc2C1. The first-order chi connectivity index (χ1) is 9.74. The predicted octanol–water partition coefficient (Wildman–Crippen LogP) is 2.94. The van der Waals surface area contributed by atoms with Crippen molar-refractivity contribution in [2.24, 2.45) is 0 Å². The monoisotopic (exact) mass is 292 g/mol. The summed E-state index contributed by atoms with van der Waals surface area (Å²) in [5, 5.41) is 5.42. The molecule has 1 unspecified atom stereocenters. The average Bonchev–Trinajstić information content (AvgIpc) is 2.94. The van der Waals surface area contributed by atoms with Crippen LogP contribution in [-0.4, -0.2) is 29.4 Å². The molecule has 1 amide bonds. The summed E-state index contributed by atoms with van der Waals surface area (Å²) in [5.41, 5.74) is 1.42. The summed E-state index contributed by atoms with van der Waals surface area (Å²) in [7, 11) is 0. The number of fused-ring (bicyclic) bond motifs is 1. The molecule has 110 valence electrons. The van der Waals surface area contributed by atoms with E-state index < -0.39 is 0 Å². The second-order valence-electron chi connectivity index (χ2n) is 6.11. The van der Waals surface area contributed by atoms with Crippen molar-refractivity contribution in [1.82, 2.24) is 10.2 Å². The lowest BCUT2D eigenvalue weighted by atomic mass is 9.95. The highest BCUT2D eigenvalue weighted by atomic mass is 32.1. The van der Waals surface area contributed by atoms with Gasteiger partial charge in [0.05, 0.1) is 6.04 Å². The van der Waals surface area contributed by atoms with Gasteiger partial charge in [0.15, 0.2) is 0 Å². The van der Waals surface area contributed by atoms with Gasteiger partial charge in [0, 0.05) is 24.0 Å². The van der Waals surface area contributed by atoms with Crippen LogP contribution in [0.25, 0.3) is 0 Å². The van der Waals surface area contributed by atoms with E-state index in [-0.39, 0.29) is 11.9 Å². The van der Waals surface area contributed by atoms with Crippen LogP contribution in [0.5, 0.6) is 0 Å². The maximum Gasteiger partial charge on any atom is 0.237 e. The van der Waals surface area contributed by atoms with Crippen molar-refractivity contribution in [3.05, 3.63) is 21.9 Å². The Balaban J connectivity index is 1.55. The second-order valence-corrected chi connectivity index (χ2v) is 7.11. The molecule has 1 atom stereocenters. The van der Waals surface area contributed by atoms with Crippen LogP contribution >= 0.6 is 11.3 Å². The molecule has 1 aromatic rings. The summed E-state index contributed by atoms with van der Waals surface area (Å²) < 4.78 is 0. The Hall–Kier alpha value is -0.870. The molecule has 3 nitrogen and oxygen atoms in total. The first-order valence-electron chi connectivity index (χ1n) is 7.83. The first kappa shape index (κ1) is 14.1. The molecule has 1 aliphatic heterocycles.